The van der Waals surface area contributed by atoms with Gasteiger partial charge in [0, 0.05) is 44.8 Å². The number of aromatic nitrogens is 8. The molecular weight excluding hydrogens is 750 g/mol. The summed E-state index contributed by atoms with van der Waals surface area (Å²) < 4.78 is 0. The Balaban J connectivity index is 0.00000441. The summed E-state index contributed by atoms with van der Waals surface area (Å²) in [5.74, 6) is 0.657. The maximum atomic E-state index is 12.2. The summed E-state index contributed by atoms with van der Waals surface area (Å²) in [5, 5.41) is 13.4. The van der Waals surface area contributed by atoms with Gasteiger partial charge in [-0.3, -0.25) is 0 Å². The van der Waals surface area contributed by atoms with E-state index in [1.165, 1.54) is 0 Å². The third kappa shape index (κ3) is 5.91. The molecule has 0 unspecified atom stereocenters. The van der Waals surface area contributed by atoms with Crippen LogP contribution in [0.4, 0.5) is 0 Å². The first-order valence-electron chi connectivity index (χ1n) is 18.5. The van der Waals surface area contributed by atoms with Crippen molar-refractivity contribution in [3.8, 4) is 45.6 Å². The molecule has 7 aromatic rings. The Morgan fingerprint density at radius 1 is 0.500 bits per heavy atom. The Kier molecular flexibility index (Phi) is 8.44. The number of carboxylic acid groups (broad SMARTS) is 1. The summed E-state index contributed by atoms with van der Waals surface area (Å²) in [4.78, 5) is 53.3. The van der Waals surface area contributed by atoms with Crippen molar-refractivity contribution < 1.29 is 29.4 Å². The minimum atomic E-state index is -1.05. The zero-order valence-corrected chi connectivity index (χ0v) is 36.0. The summed E-state index contributed by atoms with van der Waals surface area (Å²) in [6.07, 6.45) is 0. The number of carboxylic acids is 1. The molecule has 1 N–H and O–H groups in total. The molecule has 2 aliphatic rings. The van der Waals surface area contributed by atoms with E-state index >= 15 is 0 Å². The van der Waals surface area contributed by atoms with Crippen LogP contribution in [0.25, 0.3) is 89.7 Å². The van der Waals surface area contributed by atoms with Gasteiger partial charge in [0.2, 0.25) is 0 Å². The second-order valence-electron chi connectivity index (χ2n) is 17.5. The van der Waals surface area contributed by atoms with Crippen LogP contribution in [0.3, 0.4) is 0 Å². The molecule has 3 aromatic heterocycles. The van der Waals surface area contributed by atoms with E-state index in [1.807, 2.05) is 36.4 Å². The molecule has 11 heteroatoms. The smallest absolute Gasteiger partial charge is 0.478 e. The van der Waals surface area contributed by atoms with E-state index in [9.17, 15) is 9.90 Å². The Hall–Kier alpha value is -5.67. The first kappa shape index (κ1) is 37.3. The molecule has 2 aliphatic heterocycles. The van der Waals surface area contributed by atoms with Gasteiger partial charge in [0.1, 0.15) is 0 Å². The van der Waals surface area contributed by atoms with E-state index in [4.69, 9.17) is 39.9 Å². The van der Waals surface area contributed by atoms with Crippen molar-refractivity contribution in [1.82, 2.24) is 39.9 Å². The summed E-state index contributed by atoms with van der Waals surface area (Å²) in [7, 11) is 0. The predicted octanol–water partition coefficient (Wildman–Crippen LogP) is 9.72. The first-order valence-corrected chi connectivity index (χ1v) is 18.5. The van der Waals surface area contributed by atoms with Gasteiger partial charge >= 0.3 is 25.4 Å². The fraction of sp³-hybridized carbons (Fsp3) is 0.267. The molecule has 56 heavy (non-hydrogen) atoms. The van der Waals surface area contributed by atoms with Crippen LogP contribution in [0.1, 0.15) is 89.4 Å². The van der Waals surface area contributed by atoms with Gasteiger partial charge in [0.15, 0.2) is 0 Å². The Labute approximate surface area is 337 Å². The van der Waals surface area contributed by atoms with Gasteiger partial charge in [0.05, 0.1) is 28.9 Å². The molecule has 274 valence electrons. The van der Waals surface area contributed by atoms with Crippen molar-refractivity contribution in [3.05, 3.63) is 95.1 Å². The van der Waals surface area contributed by atoms with Crippen molar-refractivity contribution in [2.75, 3.05) is 0 Å². The van der Waals surface area contributed by atoms with Gasteiger partial charge in [-0.25, -0.2) is 14.8 Å². The first-order chi connectivity index (χ1) is 26.0. The SMILES string of the molecule is CC(C)(C)c1cccc2c1-c1nc-2nc2[n-]c(nc3nc(nc4[n-]c(n1)c1c(C(C)(C)C)cccc41)-c1ccc(C(=O)O)cc1-3)c1cccc(C(C)(C)C)c21.[Zn+2]. The van der Waals surface area contributed by atoms with Crippen molar-refractivity contribution >= 4 is 50.1 Å². The minimum absolute atomic E-state index is 0. The molecular formula is C45H40N8O2Zn. The number of carbonyl (C=O) groups is 1. The molecule has 0 aliphatic carbocycles. The molecule has 5 heterocycles. The third-order valence-corrected chi connectivity index (χ3v) is 10.5. The standard InChI is InChI=1S/C45H41N8O2.Zn/c1-43(2,3)28-16-10-13-24-31(28)39-49-36(24)48-38-27-21-22(42(54)55)19-20-23(27)34(47-38)46-35-25-14-11-17-29(44(4,5)6)32(25)40(50-35)53-41-33-26(37(51-39)52-41)15-12-18-30(33)45(7,8)9;/h10-21H,1-9H3,(H2-,46,47,48,49,50,51,52,53,54,55);/q-1;+2/p-1. The van der Waals surface area contributed by atoms with Crippen LogP contribution < -0.4 is 9.97 Å². The quantitative estimate of drug-likeness (QED) is 0.160. The third-order valence-electron chi connectivity index (χ3n) is 10.5. The maximum absolute atomic E-state index is 12.2. The van der Waals surface area contributed by atoms with E-state index in [0.717, 1.165) is 49.4 Å². The molecule has 10 nitrogen and oxygen atoms in total. The molecule has 0 atom stereocenters. The largest absolute Gasteiger partial charge is 2.00 e. The summed E-state index contributed by atoms with van der Waals surface area (Å²) in [6.45, 7) is 19.6. The normalized spacial score (nSPS) is 12.7. The number of hydrogen-bond acceptors (Lipinski definition) is 7. The van der Waals surface area contributed by atoms with E-state index < -0.39 is 5.97 Å². The van der Waals surface area contributed by atoms with Gasteiger partial charge in [-0.1, -0.05) is 123 Å². The zero-order chi connectivity index (χ0) is 38.8. The molecule has 0 amide bonds. The summed E-state index contributed by atoms with van der Waals surface area (Å²) >= 11 is 0. The van der Waals surface area contributed by atoms with Gasteiger partial charge in [0.25, 0.3) is 0 Å². The van der Waals surface area contributed by atoms with Gasteiger partial charge in [-0.2, -0.15) is 0 Å². The van der Waals surface area contributed by atoms with Gasteiger partial charge in [-0.15, -0.1) is 0 Å². The molecule has 0 spiro atoms. The number of hydrogen-bond donors (Lipinski definition) is 1. The second-order valence-corrected chi connectivity index (χ2v) is 17.5. The van der Waals surface area contributed by atoms with Crippen molar-refractivity contribution in [2.24, 2.45) is 0 Å². The van der Waals surface area contributed by atoms with Crippen molar-refractivity contribution in [2.45, 2.75) is 78.6 Å². The van der Waals surface area contributed by atoms with Crippen LogP contribution in [0.2, 0.25) is 0 Å². The molecule has 0 saturated carbocycles. The fourth-order valence-electron chi connectivity index (χ4n) is 7.81. The van der Waals surface area contributed by atoms with Crippen LogP contribution >= 0.6 is 0 Å². The second kappa shape index (κ2) is 12.7. The van der Waals surface area contributed by atoms with E-state index in [-0.39, 0.29) is 41.3 Å². The van der Waals surface area contributed by atoms with E-state index in [0.29, 0.717) is 57.0 Å². The predicted molar refractivity (Wildman–Crippen MR) is 217 cm³/mol. The van der Waals surface area contributed by atoms with Crippen LogP contribution in [-0.4, -0.2) is 41.0 Å². The molecule has 4 aromatic carbocycles. The Morgan fingerprint density at radius 3 is 1.48 bits per heavy atom. The molecule has 0 fully saturated rings. The van der Waals surface area contributed by atoms with Crippen LogP contribution in [-0.2, 0) is 35.7 Å². The molecule has 0 radical (unpaired) electrons. The van der Waals surface area contributed by atoms with E-state index in [2.05, 4.69) is 80.5 Å². The Bertz CT molecular complexity index is 2980. The van der Waals surface area contributed by atoms with Crippen molar-refractivity contribution in [1.29, 1.82) is 0 Å². The number of benzene rings is 4. The van der Waals surface area contributed by atoms with Crippen LogP contribution in [0.15, 0.2) is 72.8 Å². The number of aromatic carboxylic acids is 1. The molecule has 9 rings (SSSR count). The average Bonchev–Trinajstić information content (AvgIpc) is 3.85. The maximum Gasteiger partial charge on any atom is 2.00 e. The number of nitrogens with zero attached hydrogens (tertiary/aromatic N) is 8. The fourth-order valence-corrected chi connectivity index (χ4v) is 7.81. The summed E-state index contributed by atoms with van der Waals surface area (Å²) in [5.41, 5.74) is 7.46. The Morgan fingerprint density at radius 2 is 0.946 bits per heavy atom. The zero-order valence-electron chi connectivity index (χ0n) is 33.1. The number of rotatable bonds is 1. The van der Waals surface area contributed by atoms with E-state index in [1.54, 1.807) is 18.2 Å². The number of fused-ring (bicyclic) bond motifs is 20. The van der Waals surface area contributed by atoms with Crippen LogP contribution in [0.5, 0.6) is 0 Å². The molecule has 0 saturated heterocycles. The van der Waals surface area contributed by atoms with Gasteiger partial charge in [-0.05, 0) is 66.6 Å². The van der Waals surface area contributed by atoms with Crippen LogP contribution in [0, 0.1) is 0 Å². The minimum Gasteiger partial charge on any atom is -0.478 e. The monoisotopic (exact) mass is 788 g/mol. The van der Waals surface area contributed by atoms with Crippen molar-refractivity contribution in [3.63, 3.8) is 0 Å². The summed E-state index contributed by atoms with van der Waals surface area (Å²) in [6, 6.07) is 23.4. The van der Waals surface area contributed by atoms with Gasteiger partial charge < -0.3 is 35.0 Å². The topological polar surface area (TPSA) is 143 Å². The molecule has 8 bridgehead atoms. The average molecular weight is 790 g/mol.